The Labute approximate surface area is 189 Å². The summed E-state index contributed by atoms with van der Waals surface area (Å²) in [6, 6.07) is 18.6. The van der Waals surface area contributed by atoms with Crippen molar-refractivity contribution in [3.63, 3.8) is 0 Å². The van der Waals surface area contributed by atoms with E-state index in [1.807, 2.05) is 55.6 Å². The Kier molecular flexibility index (Phi) is 5.24. The van der Waals surface area contributed by atoms with Crippen molar-refractivity contribution in [2.45, 2.75) is 19.4 Å². The Morgan fingerprint density at radius 2 is 1.91 bits per heavy atom. The molecule has 0 saturated carbocycles. The zero-order valence-electron chi connectivity index (χ0n) is 17.9. The average Bonchev–Trinajstić information content (AvgIpc) is 3.29. The number of benzene rings is 1. The molecule has 3 N–H and O–H groups in total. The molecular weight excluding hydrogens is 416 g/mol. The van der Waals surface area contributed by atoms with Gasteiger partial charge in [0.2, 0.25) is 5.43 Å². The van der Waals surface area contributed by atoms with Crippen molar-refractivity contribution in [1.29, 1.82) is 0 Å². The van der Waals surface area contributed by atoms with E-state index in [4.69, 9.17) is 0 Å². The summed E-state index contributed by atoms with van der Waals surface area (Å²) < 4.78 is 1.72. The van der Waals surface area contributed by atoms with E-state index >= 15 is 0 Å². The summed E-state index contributed by atoms with van der Waals surface area (Å²) in [6.45, 7) is 1.86. The van der Waals surface area contributed by atoms with E-state index in [0.717, 1.165) is 33.5 Å². The topological polar surface area (TPSA) is 104 Å². The predicted octanol–water partition coefficient (Wildman–Crippen LogP) is 4.07. The molecule has 1 aromatic carbocycles. The van der Waals surface area contributed by atoms with E-state index < -0.39 is 11.5 Å². The van der Waals surface area contributed by atoms with Crippen molar-refractivity contribution < 1.29 is 10.2 Å². The number of aromatic amines is 1. The van der Waals surface area contributed by atoms with Crippen molar-refractivity contribution in [2.24, 2.45) is 0 Å². The quantitative estimate of drug-likeness (QED) is 0.384. The van der Waals surface area contributed by atoms with Gasteiger partial charge in [-0.3, -0.25) is 9.78 Å². The second-order valence-electron chi connectivity index (χ2n) is 8.00. The Balaban J connectivity index is 1.55. The summed E-state index contributed by atoms with van der Waals surface area (Å²) in [7, 11) is 0. The standard InChI is InChI=1S/C26H22N4O3/c1-16-4-2-7-22(29-16)23(31)12-21-13-24(32)25(33)15-30(21)20-6-3-5-17(11-20)19-10-18-8-9-27-26(18)28-14-19/h2-11,13-15,23,31,33H,12H2,1H3,(H,27,28). The average molecular weight is 438 g/mol. The van der Waals surface area contributed by atoms with Gasteiger partial charge in [-0.15, -0.1) is 0 Å². The maximum absolute atomic E-state index is 12.2. The molecule has 4 heterocycles. The third-order valence-corrected chi connectivity index (χ3v) is 5.62. The van der Waals surface area contributed by atoms with Crippen LogP contribution in [-0.2, 0) is 6.42 Å². The summed E-state index contributed by atoms with van der Waals surface area (Å²) >= 11 is 0. The summed E-state index contributed by atoms with van der Waals surface area (Å²) in [5.41, 5.74) is 4.84. The molecule has 7 heteroatoms. The number of aromatic nitrogens is 4. The smallest absolute Gasteiger partial charge is 0.223 e. The summed E-state index contributed by atoms with van der Waals surface area (Å²) in [6.07, 6.45) is 4.30. The number of nitrogens with zero attached hydrogens (tertiary/aromatic N) is 3. The zero-order chi connectivity index (χ0) is 22.9. The highest BCUT2D eigenvalue weighted by Gasteiger charge is 2.16. The lowest BCUT2D eigenvalue weighted by atomic mass is 10.0. The number of aromatic hydroxyl groups is 1. The van der Waals surface area contributed by atoms with Gasteiger partial charge >= 0.3 is 0 Å². The maximum Gasteiger partial charge on any atom is 0.223 e. The van der Waals surface area contributed by atoms with Crippen LogP contribution < -0.4 is 5.43 Å². The van der Waals surface area contributed by atoms with Gasteiger partial charge in [0.25, 0.3) is 0 Å². The first-order chi connectivity index (χ1) is 16.0. The van der Waals surface area contributed by atoms with Crippen LogP contribution in [0.5, 0.6) is 5.75 Å². The minimum Gasteiger partial charge on any atom is -0.503 e. The fourth-order valence-corrected chi connectivity index (χ4v) is 3.95. The Hall–Kier alpha value is -4.23. The van der Waals surface area contributed by atoms with Gasteiger partial charge in [-0.25, -0.2) is 4.98 Å². The molecule has 164 valence electrons. The van der Waals surface area contributed by atoms with E-state index in [1.54, 1.807) is 16.8 Å². The molecule has 5 rings (SSSR count). The predicted molar refractivity (Wildman–Crippen MR) is 126 cm³/mol. The van der Waals surface area contributed by atoms with E-state index in [2.05, 4.69) is 21.0 Å². The number of aliphatic hydroxyl groups excluding tert-OH is 1. The number of fused-ring (bicyclic) bond motifs is 1. The second kappa shape index (κ2) is 8.37. The largest absolute Gasteiger partial charge is 0.503 e. The molecule has 5 aromatic rings. The van der Waals surface area contributed by atoms with E-state index in [1.165, 1.54) is 12.3 Å². The molecule has 0 aliphatic heterocycles. The summed E-state index contributed by atoms with van der Waals surface area (Å²) in [4.78, 5) is 24.1. The van der Waals surface area contributed by atoms with Crippen molar-refractivity contribution >= 4 is 11.0 Å². The number of rotatable bonds is 5. The van der Waals surface area contributed by atoms with Gasteiger partial charge in [0.15, 0.2) is 5.75 Å². The molecule has 1 unspecified atom stereocenters. The van der Waals surface area contributed by atoms with Gasteiger partial charge in [-0.2, -0.15) is 0 Å². The van der Waals surface area contributed by atoms with Gasteiger partial charge in [0.1, 0.15) is 11.8 Å². The molecule has 0 aliphatic rings. The van der Waals surface area contributed by atoms with Gasteiger partial charge in [0, 0.05) is 52.9 Å². The Morgan fingerprint density at radius 3 is 2.76 bits per heavy atom. The van der Waals surface area contributed by atoms with Crippen LogP contribution in [-0.4, -0.2) is 29.7 Å². The first-order valence-electron chi connectivity index (χ1n) is 10.6. The van der Waals surface area contributed by atoms with Crippen LogP contribution in [0.15, 0.2) is 84.0 Å². The number of H-pyrrole nitrogens is 1. The Bertz CT molecular complexity index is 1520. The third-order valence-electron chi connectivity index (χ3n) is 5.62. The molecule has 0 amide bonds. The van der Waals surface area contributed by atoms with Gasteiger partial charge in [-0.05, 0) is 48.9 Å². The highest BCUT2D eigenvalue weighted by Crippen LogP contribution is 2.26. The number of hydrogen-bond donors (Lipinski definition) is 3. The highest BCUT2D eigenvalue weighted by molar-refractivity contribution is 5.81. The van der Waals surface area contributed by atoms with E-state index in [0.29, 0.717) is 11.4 Å². The number of aliphatic hydroxyl groups is 1. The first-order valence-corrected chi connectivity index (χ1v) is 10.6. The van der Waals surface area contributed by atoms with Crippen LogP contribution >= 0.6 is 0 Å². The molecule has 0 aliphatic carbocycles. The maximum atomic E-state index is 12.2. The van der Waals surface area contributed by atoms with Crippen LogP contribution in [0.4, 0.5) is 0 Å². The molecule has 33 heavy (non-hydrogen) atoms. The lowest BCUT2D eigenvalue weighted by Gasteiger charge is -2.18. The van der Waals surface area contributed by atoms with Crippen LogP contribution in [0.25, 0.3) is 27.8 Å². The number of pyridine rings is 3. The minimum absolute atomic E-state index is 0.160. The monoisotopic (exact) mass is 438 g/mol. The molecule has 0 saturated heterocycles. The molecule has 4 aromatic heterocycles. The fourth-order valence-electron chi connectivity index (χ4n) is 3.95. The van der Waals surface area contributed by atoms with Crippen molar-refractivity contribution in [3.05, 3.63) is 107 Å². The van der Waals surface area contributed by atoms with Gasteiger partial charge in [0.05, 0.1) is 11.9 Å². The second-order valence-corrected chi connectivity index (χ2v) is 8.00. The van der Waals surface area contributed by atoms with Crippen molar-refractivity contribution in [2.75, 3.05) is 0 Å². The van der Waals surface area contributed by atoms with Crippen LogP contribution in [0.3, 0.4) is 0 Å². The van der Waals surface area contributed by atoms with Crippen LogP contribution in [0.2, 0.25) is 0 Å². The zero-order valence-corrected chi connectivity index (χ0v) is 17.9. The highest BCUT2D eigenvalue weighted by atomic mass is 16.3. The Morgan fingerprint density at radius 1 is 1.06 bits per heavy atom. The fraction of sp³-hybridized carbons (Fsp3) is 0.115. The molecule has 0 fully saturated rings. The van der Waals surface area contributed by atoms with Crippen LogP contribution in [0, 0.1) is 6.92 Å². The van der Waals surface area contributed by atoms with Gasteiger partial charge in [-0.1, -0.05) is 18.2 Å². The number of aryl methyl sites for hydroxylation is 1. The number of nitrogens with one attached hydrogen (secondary N) is 1. The van der Waals surface area contributed by atoms with Gasteiger partial charge < -0.3 is 19.8 Å². The van der Waals surface area contributed by atoms with E-state index in [-0.39, 0.29) is 12.2 Å². The van der Waals surface area contributed by atoms with Crippen molar-refractivity contribution in [3.8, 4) is 22.6 Å². The van der Waals surface area contributed by atoms with Crippen LogP contribution in [0.1, 0.15) is 23.2 Å². The minimum atomic E-state index is -0.900. The molecular formula is C26H22N4O3. The molecule has 0 bridgehead atoms. The van der Waals surface area contributed by atoms with Crippen molar-refractivity contribution in [1.82, 2.24) is 19.5 Å². The summed E-state index contributed by atoms with van der Waals surface area (Å²) in [5.74, 6) is -0.359. The molecule has 0 spiro atoms. The number of hydrogen-bond acceptors (Lipinski definition) is 5. The molecule has 1 atom stereocenters. The SMILES string of the molecule is Cc1cccc(C(O)Cc2cc(=O)c(O)cn2-c2cccc(-c3cnc4[nH]ccc4c3)c2)n1. The lowest BCUT2D eigenvalue weighted by molar-refractivity contribution is 0.171. The van der Waals surface area contributed by atoms with E-state index in [9.17, 15) is 15.0 Å². The molecule has 0 radical (unpaired) electrons. The molecule has 7 nitrogen and oxygen atoms in total. The first kappa shape index (κ1) is 20.7. The lowest BCUT2D eigenvalue weighted by Crippen LogP contribution is -2.15. The normalized spacial score (nSPS) is 12.2. The third kappa shape index (κ3) is 4.14. The summed E-state index contributed by atoms with van der Waals surface area (Å²) in [5, 5.41) is 21.9.